The highest BCUT2D eigenvalue weighted by Gasteiger charge is 2.26. The normalized spacial score (nSPS) is 21.3. The van der Waals surface area contributed by atoms with E-state index in [0.29, 0.717) is 30.0 Å². The minimum Gasteiger partial charge on any atom is -0.481 e. The van der Waals surface area contributed by atoms with Crippen molar-refractivity contribution in [3.05, 3.63) is 29.3 Å². The van der Waals surface area contributed by atoms with Crippen LogP contribution in [0.1, 0.15) is 32.1 Å². The number of carbonyl (C=O) groups is 2. The number of halogens is 1. The smallest absolute Gasteiger partial charge is 0.306 e. The summed E-state index contributed by atoms with van der Waals surface area (Å²) in [5.74, 6) is -0.261. The first-order chi connectivity index (χ1) is 10.6. The van der Waals surface area contributed by atoms with E-state index in [2.05, 4.69) is 5.32 Å². The van der Waals surface area contributed by atoms with Crippen molar-refractivity contribution in [2.45, 2.75) is 43.0 Å². The number of rotatable bonds is 6. The van der Waals surface area contributed by atoms with Gasteiger partial charge >= 0.3 is 5.97 Å². The predicted octanol–water partition coefficient (Wildman–Crippen LogP) is 3.58. The summed E-state index contributed by atoms with van der Waals surface area (Å²) in [5.41, 5.74) is 0. The Balaban J connectivity index is 1.66. The van der Waals surface area contributed by atoms with Gasteiger partial charge in [0, 0.05) is 23.1 Å². The van der Waals surface area contributed by atoms with E-state index < -0.39 is 5.97 Å². The minimum atomic E-state index is -0.721. The van der Waals surface area contributed by atoms with Crippen molar-refractivity contribution in [1.82, 2.24) is 5.32 Å². The predicted molar refractivity (Wildman–Crippen MR) is 88.3 cm³/mol. The van der Waals surface area contributed by atoms with Crippen LogP contribution in [0.4, 0.5) is 0 Å². The summed E-state index contributed by atoms with van der Waals surface area (Å²) in [4.78, 5) is 23.8. The van der Waals surface area contributed by atoms with Crippen LogP contribution in [0.25, 0.3) is 0 Å². The average molecular weight is 342 g/mol. The molecule has 0 unspecified atom stereocenters. The molecule has 0 heterocycles. The van der Waals surface area contributed by atoms with Crippen LogP contribution in [-0.4, -0.2) is 28.8 Å². The van der Waals surface area contributed by atoms with Crippen molar-refractivity contribution >= 4 is 35.2 Å². The van der Waals surface area contributed by atoms with E-state index in [9.17, 15) is 9.59 Å². The van der Waals surface area contributed by atoms with Gasteiger partial charge < -0.3 is 10.4 Å². The molecule has 4 nitrogen and oxygen atoms in total. The van der Waals surface area contributed by atoms with Gasteiger partial charge in [-0.1, -0.05) is 23.7 Å². The molecule has 1 fully saturated rings. The lowest BCUT2D eigenvalue weighted by atomic mass is 9.86. The van der Waals surface area contributed by atoms with E-state index in [4.69, 9.17) is 16.7 Å². The number of carbonyl (C=O) groups excluding carboxylic acids is 1. The maximum atomic E-state index is 11.9. The van der Waals surface area contributed by atoms with Crippen LogP contribution in [0.5, 0.6) is 0 Å². The Bertz CT molecular complexity index is 530. The molecule has 1 saturated carbocycles. The molecule has 1 aliphatic rings. The molecule has 1 amide bonds. The number of carboxylic acid groups (broad SMARTS) is 1. The Morgan fingerprint density at radius 1 is 1.23 bits per heavy atom. The number of aliphatic carboxylic acids is 1. The molecule has 0 aromatic heterocycles. The maximum Gasteiger partial charge on any atom is 0.306 e. The third kappa shape index (κ3) is 5.21. The van der Waals surface area contributed by atoms with E-state index in [1.54, 1.807) is 11.8 Å². The van der Waals surface area contributed by atoms with Gasteiger partial charge in [-0.3, -0.25) is 9.59 Å². The van der Waals surface area contributed by atoms with Gasteiger partial charge in [-0.15, -0.1) is 11.8 Å². The van der Waals surface area contributed by atoms with Gasteiger partial charge in [-0.2, -0.15) is 0 Å². The second-order valence-corrected chi connectivity index (χ2v) is 7.03. The van der Waals surface area contributed by atoms with Gasteiger partial charge in [-0.25, -0.2) is 0 Å². The number of thioether (sulfide) groups is 1. The number of benzene rings is 1. The van der Waals surface area contributed by atoms with Crippen molar-refractivity contribution in [2.24, 2.45) is 5.92 Å². The molecule has 0 bridgehead atoms. The third-order valence-corrected chi connectivity index (χ3v) is 5.38. The number of hydrogen-bond acceptors (Lipinski definition) is 3. The molecule has 2 rings (SSSR count). The highest BCUT2D eigenvalue weighted by Crippen LogP contribution is 2.27. The van der Waals surface area contributed by atoms with Crippen LogP contribution in [-0.2, 0) is 9.59 Å². The number of nitrogens with one attached hydrogen (secondary N) is 1. The third-order valence-electron chi connectivity index (χ3n) is 3.86. The summed E-state index contributed by atoms with van der Waals surface area (Å²) in [7, 11) is 0. The molecule has 0 spiro atoms. The summed E-state index contributed by atoms with van der Waals surface area (Å²) in [5, 5.41) is 12.7. The topological polar surface area (TPSA) is 66.4 Å². The largest absolute Gasteiger partial charge is 0.481 e. The van der Waals surface area contributed by atoms with E-state index in [0.717, 1.165) is 17.7 Å². The van der Waals surface area contributed by atoms with E-state index in [-0.39, 0.29) is 17.9 Å². The molecular formula is C16H20ClNO3S. The average Bonchev–Trinajstić information content (AvgIpc) is 2.50. The molecule has 0 radical (unpaired) electrons. The number of hydrogen-bond donors (Lipinski definition) is 2. The Morgan fingerprint density at radius 2 is 1.91 bits per heavy atom. The van der Waals surface area contributed by atoms with Crippen LogP contribution in [0.15, 0.2) is 29.2 Å². The fraction of sp³-hybridized carbons (Fsp3) is 0.500. The molecule has 0 saturated heterocycles. The zero-order valence-electron chi connectivity index (χ0n) is 12.3. The lowest BCUT2D eigenvalue weighted by molar-refractivity contribution is -0.142. The molecule has 0 aliphatic heterocycles. The van der Waals surface area contributed by atoms with E-state index in [1.165, 1.54) is 0 Å². The monoisotopic (exact) mass is 341 g/mol. The van der Waals surface area contributed by atoms with Crippen LogP contribution in [0.2, 0.25) is 5.02 Å². The van der Waals surface area contributed by atoms with Gasteiger partial charge in [0.2, 0.25) is 5.91 Å². The zero-order chi connectivity index (χ0) is 15.9. The minimum absolute atomic E-state index is 0.0262. The van der Waals surface area contributed by atoms with Crippen molar-refractivity contribution in [3.8, 4) is 0 Å². The number of amides is 1. The lowest BCUT2D eigenvalue weighted by Gasteiger charge is -2.26. The maximum absolute atomic E-state index is 11.9. The molecule has 120 valence electrons. The first-order valence-corrected chi connectivity index (χ1v) is 8.82. The highest BCUT2D eigenvalue weighted by atomic mass is 35.5. The van der Waals surface area contributed by atoms with E-state index in [1.807, 2.05) is 24.3 Å². The second-order valence-electron chi connectivity index (χ2n) is 5.48. The van der Waals surface area contributed by atoms with Crippen molar-refractivity contribution in [2.75, 3.05) is 5.75 Å². The van der Waals surface area contributed by atoms with Crippen LogP contribution >= 0.6 is 23.4 Å². The highest BCUT2D eigenvalue weighted by molar-refractivity contribution is 7.99. The first-order valence-electron chi connectivity index (χ1n) is 7.45. The fourth-order valence-corrected chi connectivity index (χ4v) is 3.79. The quantitative estimate of drug-likeness (QED) is 0.776. The Hall–Kier alpha value is -1.20. The molecule has 0 atom stereocenters. The Kier molecular flexibility index (Phi) is 6.58. The summed E-state index contributed by atoms with van der Waals surface area (Å²) in [6.45, 7) is 0. The van der Waals surface area contributed by atoms with Gasteiger partial charge in [0.05, 0.1) is 10.9 Å². The van der Waals surface area contributed by atoms with Crippen LogP contribution < -0.4 is 5.32 Å². The molecule has 22 heavy (non-hydrogen) atoms. The second kappa shape index (κ2) is 8.44. The first kappa shape index (κ1) is 17.2. The van der Waals surface area contributed by atoms with Gasteiger partial charge in [0.25, 0.3) is 0 Å². The Labute approximate surface area is 139 Å². The molecule has 1 aromatic carbocycles. The Morgan fingerprint density at radius 3 is 2.55 bits per heavy atom. The van der Waals surface area contributed by atoms with Crippen molar-refractivity contribution in [1.29, 1.82) is 0 Å². The lowest BCUT2D eigenvalue weighted by Crippen LogP contribution is -2.38. The SMILES string of the molecule is O=C(CCSc1ccccc1Cl)NC1CCC(C(=O)O)CC1. The molecular weight excluding hydrogens is 322 g/mol. The molecule has 1 aliphatic carbocycles. The van der Waals surface area contributed by atoms with Gasteiger partial charge in [0.1, 0.15) is 0 Å². The van der Waals surface area contributed by atoms with Gasteiger partial charge in [-0.05, 0) is 37.8 Å². The van der Waals surface area contributed by atoms with Gasteiger partial charge in [0.15, 0.2) is 0 Å². The van der Waals surface area contributed by atoms with Crippen LogP contribution in [0.3, 0.4) is 0 Å². The van der Waals surface area contributed by atoms with Crippen molar-refractivity contribution in [3.63, 3.8) is 0 Å². The van der Waals surface area contributed by atoms with E-state index >= 15 is 0 Å². The summed E-state index contributed by atoms with van der Waals surface area (Å²) >= 11 is 7.64. The summed E-state index contributed by atoms with van der Waals surface area (Å²) in [6, 6.07) is 7.71. The number of carboxylic acids is 1. The van der Waals surface area contributed by atoms with Crippen LogP contribution in [0, 0.1) is 5.92 Å². The van der Waals surface area contributed by atoms with Crippen molar-refractivity contribution < 1.29 is 14.7 Å². The molecule has 6 heteroatoms. The molecule has 2 N–H and O–H groups in total. The molecule has 1 aromatic rings. The zero-order valence-corrected chi connectivity index (χ0v) is 13.8. The fourth-order valence-electron chi connectivity index (χ4n) is 2.60. The summed E-state index contributed by atoms with van der Waals surface area (Å²) < 4.78 is 0. The standard InChI is InChI=1S/C16H20ClNO3S/c17-13-3-1-2-4-14(13)22-10-9-15(19)18-12-7-5-11(6-8-12)16(20)21/h1-4,11-12H,5-10H2,(H,18,19)(H,20,21). The summed E-state index contributed by atoms with van der Waals surface area (Å²) in [6.07, 6.45) is 3.23.